The summed E-state index contributed by atoms with van der Waals surface area (Å²) in [5.41, 5.74) is 1.03. The molecule has 0 aliphatic rings. The molecule has 1 heterocycles. The maximum Gasteiger partial charge on any atom is 0.407 e. The molecule has 0 aliphatic heterocycles. The van der Waals surface area contributed by atoms with E-state index in [2.05, 4.69) is 29.2 Å². The minimum absolute atomic E-state index is 0.0538. The second-order valence-electron chi connectivity index (χ2n) is 9.86. The fraction of sp³-hybridized carbons (Fsp3) is 0.759. The normalized spacial score (nSPS) is 11.0. The molecule has 0 atom stereocenters. The Morgan fingerprint density at radius 3 is 1.94 bits per heavy atom. The molecular weight excluding hydrogens is 440 g/mol. The summed E-state index contributed by atoms with van der Waals surface area (Å²) in [6, 6.07) is 4.00. The molecule has 0 spiro atoms. The van der Waals surface area contributed by atoms with Crippen molar-refractivity contribution < 1.29 is 23.6 Å². The number of rotatable bonds is 21. The lowest BCUT2D eigenvalue weighted by Gasteiger charge is -2.09. The van der Waals surface area contributed by atoms with Crippen molar-refractivity contribution in [3.05, 3.63) is 30.1 Å². The van der Waals surface area contributed by atoms with E-state index in [9.17, 15) is 9.59 Å². The third kappa shape index (κ3) is 17.9. The Kier molecular flexibility index (Phi) is 18.7. The SMILES string of the molecule is CCCCCCCCCCCCCCCC[n+]1cccc(CNC(=O)OCCOC(=O)C(C)C)c1. The highest BCUT2D eigenvalue weighted by atomic mass is 16.6. The van der Waals surface area contributed by atoms with Gasteiger partial charge in [0.2, 0.25) is 0 Å². The third-order valence-corrected chi connectivity index (χ3v) is 6.16. The van der Waals surface area contributed by atoms with E-state index in [1.807, 2.05) is 12.1 Å². The van der Waals surface area contributed by atoms with Crippen molar-refractivity contribution >= 4 is 12.1 Å². The van der Waals surface area contributed by atoms with Crippen LogP contribution < -0.4 is 9.88 Å². The van der Waals surface area contributed by atoms with Crippen LogP contribution in [-0.4, -0.2) is 25.3 Å². The van der Waals surface area contributed by atoms with E-state index in [1.54, 1.807) is 13.8 Å². The lowest BCUT2D eigenvalue weighted by molar-refractivity contribution is -0.697. The van der Waals surface area contributed by atoms with Crippen molar-refractivity contribution in [1.29, 1.82) is 0 Å². The second kappa shape index (κ2) is 21.2. The zero-order chi connectivity index (χ0) is 25.6. The van der Waals surface area contributed by atoms with Crippen molar-refractivity contribution in [2.24, 2.45) is 5.92 Å². The number of hydrogen-bond donors (Lipinski definition) is 1. The van der Waals surface area contributed by atoms with E-state index >= 15 is 0 Å². The number of unbranched alkanes of at least 4 members (excludes halogenated alkanes) is 13. The first-order chi connectivity index (χ1) is 17.0. The third-order valence-electron chi connectivity index (χ3n) is 6.16. The standard InChI is InChI=1S/C29H50N2O4/c1-4-5-6-7-8-9-10-11-12-13-14-15-16-17-20-31-21-18-19-27(25-31)24-30-29(33)35-23-22-34-28(32)26(2)3/h18-19,21,25-26H,4-17,20,22-24H2,1-3H3/p+1. The van der Waals surface area contributed by atoms with Gasteiger partial charge in [0.05, 0.1) is 12.5 Å². The van der Waals surface area contributed by atoms with Crippen LogP contribution in [0.15, 0.2) is 24.5 Å². The van der Waals surface area contributed by atoms with Crippen molar-refractivity contribution in [2.45, 2.75) is 124 Å². The molecule has 0 saturated heterocycles. The first kappa shape index (κ1) is 30.9. The van der Waals surface area contributed by atoms with Gasteiger partial charge in [-0.05, 0) is 12.5 Å². The molecule has 0 aliphatic carbocycles. The number of aromatic nitrogens is 1. The predicted octanol–water partition coefficient (Wildman–Crippen LogP) is 6.88. The van der Waals surface area contributed by atoms with E-state index in [1.165, 1.54) is 89.9 Å². The summed E-state index contributed by atoms with van der Waals surface area (Å²) in [5.74, 6) is -0.472. The molecule has 0 aromatic carbocycles. The van der Waals surface area contributed by atoms with Crippen molar-refractivity contribution in [3.63, 3.8) is 0 Å². The highest BCUT2D eigenvalue weighted by Gasteiger charge is 2.09. The number of hydrogen-bond acceptors (Lipinski definition) is 4. The van der Waals surface area contributed by atoms with Crippen LogP contribution in [0.25, 0.3) is 0 Å². The quantitative estimate of drug-likeness (QED) is 0.116. The van der Waals surface area contributed by atoms with Crippen LogP contribution in [0.3, 0.4) is 0 Å². The summed E-state index contributed by atoms with van der Waals surface area (Å²) < 4.78 is 12.2. The Morgan fingerprint density at radius 2 is 1.37 bits per heavy atom. The van der Waals surface area contributed by atoms with Gasteiger partial charge >= 0.3 is 12.1 Å². The van der Waals surface area contributed by atoms with Crippen LogP contribution in [0.2, 0.25) is 0 Å². The maximum atomic E-state index is 11.8. The van der Waals surface area contributed by atoms with Gasteiger partial charge in [-0.2, -0.15) is 0 Å². The number of alkyl carbamates (subject to hydrolysis) is 1. The number of ether oxygens (including phenoxy) is 2. The molecule has 0 radical (unpaired) electrons. The first-order valence-corrected chi connectivity index (χ1v) is 14.1. The number of nitrogens with one attached hydrogen (secondary N) is 1. The Labute approximate surface area is 214 Å². The van der Waals surface area contributed by atoms with Gasteiger partial charge in [-0.1, -0.05) is 97.8 Å². The maximum absolute atomic E-state index is 11.8. The molecule has 1 aromatic rings. The number of pyridine rings is 1. The summed E-state index contributed by atoms with van der Waals surface area (Å²) >= 11 is 0. The van der Waals surface area contributed by atoms with Crippen molar-refractivity contribution in [3.8, 4) is 0 Å². The summed E-state index contributed by atoms with van der Waals surface area (Å²) in [4.78, 5) is 23.2. The minimum atomic E-state index is -0.507. The average Bonchev–Trinajstić information content (AvgIpc) is 2.85. The van der Waals surface area contributed by atoms with Gasteiger partial charge in [0.1, 0.15) is 19.8 Å². The smallest absolute Gasteiger partial charge is 0.407 e. The van der Waals surface area contributed by atoms with Gasteiger partial charge in [0.25, 0.3) is 0 Å². The zero-order valence-corrected chi connectivity index (χ0v) is 22.7. The minimum Gasteiger partial charge on any atom is -0.462 e. The molecule has 6 nitrogen and oxygen atoms in total. The van der Waals surface area contributed by atoms with E-state index in [-0.39, 0.29) is 25.1 Å². The molecule has 0 saturated carbocycles. The molecular formula is C29H51N2O4+. The van der Waals surface area contributed by atoms with Crippen LogP contribution in [0.4, 0.5) is 4.79 Å². The Morgan fingerprint density at radius 1 is 0.829 bits per heavy atom. The second-order valence-corrected chi connectivity index (χ2v) is 9.86. The van der Waals surface area contributed by atoms with Gasteiger partial charge < -0.3 is 14.8 Å². The van der Waals surface area contributed by atoms with Gasteiger partial charge in [-0.25, -0.2) is 9.36 Å². The fourth-order valence-electron chi connectivity index (χ4n) is 3.98. The number of carbonyl (C=O) groups is 2. The number of carbonyl (C=O) groups excluding carboxylic acids is 2. The molecule has 0 unspecified atom stereocenters. The Balaban J connectivity index is 2.02. The zero-order valence-electron chi connectivity index (χ0n) is 22.7. The fourth-order valence-corrected chi connectivity index (χ4v) is 3.98. The van der Waals surface area contributed by atoms with Gasteiger partial charge in [-0.15, -0.1) is 0 Å². The summed E-state index contributed by atoms with van der Waals surface area (Å²) in [7, 11) is 0. The van der Waals surface area contributed by atoms with Crippen LogP contribution in [0.1, 0.15) is 116 Å². The highest BCUT2D eigenvalue weighted by molar-refractivity contribution is 5.71. The lowest BCUT2D eigenvalue weighted by atomic mass is 10.0. The molecule has 200 valence electrons. The number of aryl methyl sites for hydroxylation is 1. The molecule has 0 bridgehead atoms. The summed E-state index contributed by atoms with van der Waals surface area (Å²) in [6.07, 6.45) is 22.8. The van der Waals surface area contributed by atoms with Crippen molar-refractivity contribution in [2.75, 3.05) is 13.2 Å². The van der Waals surface area contributed by atoms with E-state index in [0.29, 0.717) is 6.54 Å². The van der Waals surface area contributed by atoms with Crippen LogP contribution >= 0.6 is 0 Å². The predicted molar refractivity (Wildman–Crippen MR) is 141 cm³/mol. The van der Waals surface area contributed by atoms with E-state index in [0.717, 1.165) is 12.1 Å². The van der Waals surface area contributed by atoms with Crippen LogP contribution in [0, 0.1) is 5.92 Å². The number of amides is 1. The topological polar surface area (TPSA) is 68.5 Å². The Bertz CT molecular complexity index is 678. The van der Waals surface area contributed by atoms with E-state index < -0.39 is 6.09 Å². The van der Waals surface area contributed by atoms with Crippen molar-refractivity contribution in [1.82, 2.24) is 5.32 Å². The molecule has 35 heavy (non-hydrogen) atoms. The van der Waals surface area contributed by atoms with Gasteiger partial charge in [-0.3, -0.25) is 4.79 Å². The molecule has 0 fully saturated rings. The van der Waals surface area contributed by atoms with Gasteiger partial charge in [0.15, 0.2) is 12.4 Å². The molecule has 6 heteroatoms. The summed E-state index contributed by atoms with van der Waals surface area (Å²) in [5, 5.41) is 2.74. The number of esters is 1. The summed E-state index contributed by atoms with van der Waals surface area (Å²) in [6.45, 7) is 7.34. The number of nitrogens with zero attached hydrogens (tertiary/aromatic N) is 1. The highest BCUT2D eigenvalue weighted by Crippen LogP contribution is 2.13. The van der Waals surface area contributed by atoms with Crippen LogP contribution in [-0.2, 0) is 27.4 Å². The van der Waals surface area contributed by atoms with E-state index in [4.69, 9.17) is 9.47 Å². The Hall–Kier alpha value is -2.11. The molecule has 1 N–H and O–H groups in total. The largest absolute Gasteiger partial charge is 0.462 e. The lowest BCUT2D eigenvalue weighted by Crippen LogP contribution is -2.34. The first-order valence-electron chi connectivity index (χ1n) is 14.1. The molecule has 1 rings (SSSR count). The monoisotopic (exact) mass is 491 g/mol. The van der Waals surface area contributed by atoms with Gasteiger partial charge in [0, 0.05) is 18.1 Å². The van der Waals surface area contributed by atoms with Crippen LogP contribution in [0.5, 0.6) is 0 Å². The average molecular weight is 492 g/mol. The molecule has 1 amide bonds. The molecule has 1 aromatic heterocycles.